The molecule has 0 saturated heterocycles. The van der Waals surface area contributed by atoms with Crippen molar-refractivity contribution in [2.75, 3.05) is 6.54 Å². The van der Waals surface area contributed by atoms with Gasteiger partial charge in [-0.05, 0) is 43.5 Å². The maximum atomic E-state index is 12.4. The molecule has 1 aliphatic carbocycles. The molecule has 1 fully saturated rings. The minimum absolute atomic E-state index is 0.0824. The van der Waals surface area contributed by atoms with E-state index < -0.39 is 10.0 Å². The van der Waals surface area contributed by atoms with Crippen molar-refractivity contribution < 1.29 is 8.42 Å². The van der Waals surface area contributed by atoms with Crippen molar-refractivity contribution in [3.8, 4) is 0 Å². The van der Waals surface area contributed by atoms with Crippen LogP contribution < -0.4 is 10.5 Å². The minimum atomic E-state index is -3.40. The van der Waals surface area contributed by atoms with E-state index >= 15 is 0 Å². The summed E-state index contributed by atoms with van der Waals surface area (Å²) in [7, 11) is -3.40. The van der Waals surface area contributed by atoms with Crippen molar-refractivity contribution in [2.24, 2.45) is 5.73 Å². The van der Waals surface area contributed by atoms with Crippen molar-refractivity contribution >= 4 is 10.0 Å². The lowest BCUT2D eigenvalue weighted by Gasteiger charge is -2.21. The van der Waals surface area contributed by atoms with Crippen LogP contribution in [0.2, 0.25) is 0 Å². The molecule has 1 saturated carbocycles. The summed E-state index contributed by atoms with van der Waals surface area (Å²) in [4.78, 5) is 0.352. The van der Waals surface area contributed by atoms with Crippen LogP contribution in [-0.4, -0.2) is 21.0 Å². The largest absolute Gasteiger partial charge is 0.330 e. The maximum absolute atomic E-state index is 12.4. The van der Waals surface area contributed by atoms with Crippen LogP contribution in [0.3, 0.4) is 0 Å². The summed E-state index contributed by atoms with van der Waals surface area (Å²) in [6, 6.07) is 7.13. The molecule has 0 bridgehead atoms. The van der Waals surface area contributed by atoms with Crippen LogP contribution in [0.1, 0.15) is 50.5 Å². The second kappa shape index (κ2) is 7.92. The van der Waals surface area contributed by atoms with E-state index in [1.54, 1.807) is 12.1 Å². The van der Waals surface area contributed by atoms with Crippen LogP contribution in [0.4, 0.5) is 0 Å². The summed E-state index contributed by atoms with van der Waals surface area (Å²) in [6.45, 7) is 0.576. The molecule has 2 rings (SSSR count). The second-order valence-electron chi connectivity index (χ2n) is 5.85. The molecule has 0 atom stereocenters. The molecule has 0 amide bonds. The Kier molecular flexibility index (Phi) is 6.21. The quantitative estimate of drug-likeness (QED) is 0.878. The Morgan fingerprint density at radius 2 is 1.57 bits per heavy atom. The zero-order valence-corrected chi connectivity index (χ0v) is 13.4. The average Bonchev–Trinajstić information content (AvgIpc) is 2.43. The Balaban J connectivity index is 2.02. The van der Waals surface area contributed by atoms with E-state index in [9.17, 15) is 8.42 Å². The highest BCUT2D eigenvalue weighted by Gasteiger charge is 2.20. The number of sulfonamides is 1. The van der Waals surface area contributed by atoms with E-state index in [-0.39, 0.29) is 6.04 Å². The van der Waals surface area contributed by atoms with E-state index in [2.05, 4.69) is 4.72 Å². The molecule has 4 nitrogen and oxygen atoms in total. The molecule has 0 aliphatic heterocycles. The zero-order chi connectivity index (χ0) is 15.1. The number of hydrogen-bond acceptors (Lipinski definition) is 3. The first-order valence-electron chi connectivity index (χ1n) is 7.93. The third-order valence-corrected chi connectivity index (χ3v) is 5.63. The molecule has 21 heavy (non-hydrogen) atoms. The smallest absolute Gasteiger partial charge is 0.240 e. The lowest BCUT2D eigenvalue weighted by atomic mass is 9.97. The van der Waals surface area contributed by atoms with Gasteiger partial charge in [-0.2, -0.15) is 0 Å². The molecule has 1 aromatic rings. The van der Waals surface area contributed by atoms with Crippen molar-refractivity contribution in [3.05, 3.63) is 29.8 Å². The molecule has 0 spiro atoms. The highest BCUT2D eigenvalue weighted by atomic mass is 32.2. The van der Waals surface area contributed by atoms with Crippen molar-refractivity contribution in [2.45, 2.75) is 62.3 Å². The van der Waals surface area contributed by atoms with Gasteiger partial charge in [-0.1, -0.05) is 44.2 Å². The topological polar surface area (TPSA) is 72.2 Å². The summed E-state index contributed by atoms with van der Waals surface area (Å²) in [5, 5.41) is 0. The number of rotatable bonds is 5. The molecule has 0 radical (unpaired) electrons. The van der Waals surface area contributed by atoms with Crippen LogP contribution in [0.5, 0.6) is 0 Å². The van der Waals surface area contributed by atoms with Gasteiger partial charge < -0.3 is 5.73 Å². The van der Waals surface area contributed by atoms with Crippen molar-refractivity contribution in [1.82, 2.24) is 4.72 Å². The number of nitrogens with two attached hydrogens (primary N) is 1. The van der Waals surface area contributed by atoms with Gasteiger partial charge in [-0.3, -0.25) is 0 Å². The third-order valence-electron chi connectivity index (χ3n) is 4.09. The molecule has 0 aromatic heterocycles. The normalized spacial score (nSPS) is 18.1. The summed E-state index contributed by atoms with van der Waals surface area (Å²) >= 11 is 0. The Morgan fingerprint density at radius 3 is 2.14 bits per heavy atom. The molecule has 0 unspecified atom stereocenters. The predicted octanol–water partition coefficient (Wildman–Crippen LogP) is 2.58. The van der Waals surface area contributed by atoms with E-state index in [0.29, 0.717) is 11.4 Å². The van der Waals surface area contributed by atoms with Crippen molar-refractivity contribution in [1.29, 1.82) is 0 Å². The zero-order valence-electron chi connectivity index (χ0n) is 12.6. The van der Waals surface area contributed by atoms with Crippen LogP contribution in [0.15, 0.2) is 29.2 Å². The van der Waals surface area contributed by atoms with Gasteiger partial charge in [-0.15, -0.1) is 0 Å². The van der Waals surface area contributed by atoms with Crippen LogP contribution in [-0.2, 0) is 16.4 Å². The number of benzene rings is 1. The van der Waals surface area contributed by atoms with Gasteiger partial charge in [0.05, 0.1) is 4.90 Å². The standard InChI is InChI=1S/C16H26N2O2S/c17-13-12-14-8-10-16(11-9-14)21(19,20)18-15-6-4-2-1-3-5-7-15/h8-11,15,18H,1-7,12-13,17H2. The Hall–Kier alpha value is -0.910. The first-order chi connectivity index (χ1) is 10.1. The van der Waals surface area contributed by atoms with E-state index in [1.165, 1.54) is 19.3 Å². The summed E-state index contributed by atoms with van der Waals surface area (Å²) in [5.41, 5.74) is 6.58. The monoisotopic (exact) mass is 310 g/mol. The predicted molar refractivity (Wildman–Crippen MR) is 85.6 cm³/mol. The number of nitrogens with one attached hydrogen (secondary N) is 1. The Morgan fingerprint density at radius 1 is 1.00 bits per heavy atom. The van der Waals surface area contributed by atoms with Crippen LogP contribution in [0.25, 0.3) is 0 Å². The highest BCUT2D eigenvalue weighted by molar-refractivity contribution is 7.89. The lowest BCUT2D eigenvalue weighted by molar-refractivity contribution is 0.426. The van der Waals surface area contributed by atoms with Gasteiger partial charge in [0.1, 0.15) is 0 Å². The molecular weight excluding hydrogens is 284 g/mol. The van der Waals surface area contributed by atoms with Gasteiger partial charge in [0.25, 0.3) is 0 Å². The molecule has 0 heterocycles. The SMILES string of the molecule is NCCc1ccc(S(=O)(=O)NC2CCCCCCC2)cc1. The molecule has 1 aliphatic rings. The Bertz CT molecular complexity index is 518. The molecule has 5 heteroatoms. The van der Waals surface area contributed by atoms with E-state index in [0.717, 1.165) is 37.7 Å². The Labute approximate surface area is 128 Å². The average molecular weight is 310 g/mol. The fraction of sp³-hybridized carbons (Fsp3) is 0.625. The van der Waals surface area contributed by atoms with Gasteiger partial charge in [0, 0.05) is 6.04 Å². The first kappa shape index (κ1) is 16.5. The van der Waals surface area contributed by atoms with Crippen LogP contribution >= 0.6 is 0 Å². The third kappa shape index (κ3) is 5.09. The van der Waals surface area contributed by atoms with Gasteiger partial charge in [-0.25, -0.2) is 13.1 Å². The van der Waals surface area contributed by atoms with E-state index in [1.807, 2.05) is 12.1 Å². The maximum Gasteiger partial charge on any atom is 0.240 e. The number of hydrogen-bond donors (Lipinski definition) is 2. The van der Waals surface area contributed by atoms with Crippen molar-refractivity contribution in [3.63, 3.8) is 0 Å². The fourth-order valence-corrected chi connectivity index (χ4v) is 4.17. The summed E-state index contributed by atoms with van der Waals surface area (Å²) < 4.78 is 27.7. The first-order valence-corrected chi connectivity index (χ1v) is 9.41. The molecule has 1 aromatic carbocycles. The molecular formula is C16H26N2O2S. The van der Waals surface area contributed by atoms with Gasteiger partial charge in [0.15, 0.2) is 0 Å². The molecule has 118 valence electrons. The summed E-state index contributed by atoms with van der Waals surface area (Å²) in [6.07, 6.45) is 8.61. The minimum Gasteiger partial charge on any atom is -0.330 e. The van der Waals surface area contributed by atoms with Gasteiger partial charge >= 0.3 is 0 Å². The second-order valence-corrected chi connectivity index (χ2v) is 7.56. The van der Waals surface area contributed by atoms with E-state index in [4.69, 9.17) is 5.73 Å². The highest BCUT2D eigenvalue weighted by Crippen LogP contribution is 2.19. The summed E-state index contributed by atoms with van der Waals surface area (Å²) in [5.74, 6) is 0. The van der Waals surface area contributed by atoms with Crippen LogP contribution in [0, 0.1) is 0 Å². The fourth-order valence-electron chi connectivity index (χ4n) is 2.86. The molecule has 3 N–H and O–H groups in total. The lowest BCUT2D eigenvalue weighted by Crippen LogP contribution is -2.35. The van der Waals surface area contributed by atoms with Gasteiger partial charge in [0.2, 0.25) is 10.0 Å².